The fourth-order valence-corrected chi connectivity index (χ4v) is 2.73. The first-order valence-corrected chi connectivity index (χ1v) is 7.31. The standard InChI is InChI=1S/C16H16FN3O3/c1-23-16(22)11-7-9(4-5-12(11)17)8-13-14-10(3-2-6-18-14)15(21)20-19-13/h4-5,7,18H,2-3,6,8H2,1H3,(H,20,21). The van der Waals surface area contributed by atoms with Gasteiger partial charge in [0.15, 0.2) is 0 Å². The largest absolute Gasteiger partial charge is 0.465 e. The molecule has 23 heavy (non-hydrogen) atoms. The molecule has 0 atom stereocenters. The summed E-state index contributed by atoms with van der Waals surface area (Å²) in [6.07, 6.45) is 1.96. The predicted molar refractivity (Wildman–Crippen MR) is 82.2 cm³/mol. The van der Waals surface area contributed by atoms with Gasteiger partial charge in [-0.15, -0.1) is 0 Å². The zero-order chi connectivity index (χ0) is 16.4. The smallest absolute Gasteiger partial charge is 0.340 e. The lowest BCUT2D eigenvalue weighted by Gasteiger charge is -2.19. The maximum atomic E-state index is 13.7. The molecule has 2 aromatic rings. The molecule has 0 saturated carbocycles. The fraction of sp³-hybridized carbons (Fsp3) is 0.312. The molecule has 0 spiro atoms. The van der Waals surface area contributed by atoms with E-state index in [0.717, 1.165) is 18.7 Å². The van der Waals surface area contributed by atoms with Crippen LogP contribution >= 0.6 is 0 Å². The number of fused-ring (bicyclic) bond motifs is 1. The molecular weight excluding hydrogens is 301 g/mol. The summed E-state index contributed by atoms with van der Waals surface area (Å²) in [5.74, 6) is -1.35. The predicted octanol–water partition coefficient (Wildman–Crippen LogP) is 1.64. The van der Waals surface area contributed by atoms with Crippen molar-refractivity contribution in [1.82, 2.24) is 10.2 Å². The summed E-state index contributed by atoms with van der Waals surface area (Å²) in [6, 6.07) is 4.26. The number of aromatic nitrogens is 2. The summed E-state index contributed by atoms with van der Waals surface area (Å²) in [7, 11) is 1.21. The zero-order valence-corrected chi connectivity index (χ0v) is 12.6. The number of anilines is 1. The maximum absolute atomic E-state index is 13.7. The van der Waals surface area contributed by atoms with Gasteiger partial charge < -0.3 is 10.1 Å². The van der Waals surface area contributed by atoms with Gasteiger partial charge in [0.1, 0.15) is 5.82 Å². The molecular formula is C16H16FN3O3. The van der Waals surface area contributed by atoms with E-state index in [0.29, 0.717) is 29.7 Å². The molecule has 120 valence electrons. The molecule has 2 heterocycles. The Balaban J connectivity index is 1.97. The number of carbonyl (C=O) groups excluding carboxylic acids is 1. The van der Waals surface area contributed by atoms with Gasteiger partial charge in [0, 0.05) is 18.5 Å². The van der Waals surface area contributed by atoms with Gasteiger partial charge >= 0.3 is 5.97 Å². The highest BCUT2D eigenvalue weighted by Crippen LogP contribution is 2.24. The van der Waals surface area contributed by atoms with Crippen molar-refractivity contribution in [3.8, 4) is 0 Å². The van der Waals surface area contributed by atoms with Crippen LogP contribution in [-0.4, -0.2) is 29.8 Å². The van der Waals surface area contributed by atoms with Crippen LogP contribution in [0.15, 0.2) is 23.0 Å². The Labute approximate surface area is 131 Å². The van der Waals surface area contributed by atoms with Crippen LogP contribution < -0.4 is 10.9 Å². The van der Waals surface area contributed by atoms with Gasteiger partial charge in [-0.25, -0.2) is 14.3 Å². The summed E-state index contributed by atoms with van der Waals surface area (Å²) in [4.78, 5) is 23.4. The second-order valence-electron chi connectivity index (χ2n) is 5.37. The van der Waals surface area contributed by atoms with Crippen molar-refractivity contribution in [3.05, 3.63) is 56.8 Å². The van der Waals surface area contributed by atoms with Crippen molar-refractivity contribution in [2.45, 2.75) is 19.3 Å². The average molecular weight is 317 g/mol. The molecule has 0 bridgehead atoms. The number of carbonyl (C=O) groups is 1. The topological polar surface area (TPSA) is 84.1 Å². The molecule has 7 heteroatoms. The van der Waals surface area contributed by atoms with E-state index in [1.165, 1.54) is 19.2 Å². The highest BCUT2D eigenvalue weighted by Gasteiger charge is 2.19. The van der Waals surface area contributed by atoms with Crippen molar-refractivity contribution in [1.29, 1.82) is 0 Å². The molecule has 0 saturated heterocycles. The zero-order valence-electron chi connectivity index (χ0n) is 12.6. The lowest BCUT2D eigenvalue weighted by atomic mass is 10.00. The molecule has 3 rings (SSSR count). The first kappa shape index (κ1) is 15.2. The van der Waals surface area contributed by atoms with E-state index in [1.807, 2.05) is 0 Å². The quantitative estimate of drug-likeness (QED) is 0.841. The third kappa shape index (κ3) is 2.94. The maximum Gasteiger partial charge on any atom is 0.340 e. The SMILES string of the molecule is COC(=O)c1cc(Cc2n[nH]c(=O)c3c2NCCC3)ccc1F. The minimum atomic E-state index is -0.723. The van der Waals surface area contributed by atoms with Crippen LogP contribution in [-0.2, 0) is 17.6 Å². The minimum Gasteiger partial charge on any atom is -0.465 e. The molecule has 2 N–H and O–H groups in total. The van der Waals surface area contributed by atoms with Gasteiger partial charge in [0.2, 0.25) is 0 Å². The minimum absolute atomic E-state index is 0.115. The molecule has 1 aromatic carbocycles. The Morgan fingerprint density at radius 1 is 1.43 bits per heavy atom. The Hall–Kier alpha value is -2.70. The number of methoxy groups -OCH3 is 1. The summed E-state index contributed by atoms with van der Waals surface area (Å²) in [6.45, 7) is 0.780. The normalized spacial score (nSPS) is 13.1. The third-order valence-corrected chi connectivity index (χ3v) is 3.87. The number of ether oxygens (including phenoxy) is 1. The molecule has 0 radical (unpaired) electrons. The van der Waals surface area contributed by atoms with Crippen LogP contribution in [0.5, 0.6) is 0 Å². The number of halogens is 1. The van der Waals surface area contributed by atoms with E-state index in [9.17, 15) is 14.0 Å². The summed E-state index contributed by atoms with van der Waals surface area (Å²) in [5.41, 5.74) is 2.50. The lowest BCUT2D eigenvalue weighted by molar-refractivity contribution is 0.0595. The molecule has 0 unspecified atom stereocenters. The monoisotopic (exact) mass is 317 g/mol. The lowest BCUT2D eigenvalue weighted by Crippen LogP contribution is -2.25. The van der Waals surface area contributed by atoms with Gasteiger partial charge in [-0.2, -0.15) is 5.10 Å². The van der Waals surface area contributed by atoms with E-state index >= 15 is 0 Å². The molecule has 0 fully saturated rings. The van der Waals surface area contributed by atoms with E-state index in [-0.39, 0.29) is 11.1 Å². The van der Waals surface area contributed by atoms with Crippen molar-refractivity contribution < 1.29 is 13.9 Å². The molecule has 0 amide bonds. The summed E-state index contributed by atoms with van der Waals surface area (Å²) >= 11 is 0. The van der Waals surface area contributed by atoms with Crippen LogP contribution in [0.2, 0.25) is 0 Å². The Bertz CT molecular complexity index is 817. The van der Waals surface area contributed by atoms with E-state index in [1.54, 1.807) is 6.07 Å². The van der Waals surface area contributed by atoms with Crippen LogP contribution in [0.25, 0.3) is 0 Å². The number of hydrogen-bond acceptors (Lipinski definition) is 5. The highest BCUT2D eigenvalue weighted by atomic mass is 19.1. The van der Waals surface area contributed by atoms with E-state index in [2.05, 4.69) is 20.3 Å². The van der Waals surface area contributed by atoms with Crippen LogP contribution in [0, 0.1) is 5.82 Å². The van der Waals surface area contributed by atoms with Crippen molar-refractivity contribution >= 4 is 11.7 Å². The van der Waals surface area contributed by atoms with Gasteiger partial charge in [-0.1, -0.05) is 6.07 Å². The van der Waals surface area contributed by atoms with Crippen LogP contribution in [0.1, 0.15) is 33.6 Å². The first-order valence-electron chi connectivity index (χ1n) is 7.31. The number of nitrogens with zero attached hydrogens (tertiary/aromatic N) is 1. The molecule has 0 aliphatic carbocycles. The van der Waals surface area contributed by atoms with Crippen LogP contribution in [0.4, 0.5) is 10.1 Å². The number of H-pyrrole nitrogens is 1. The van der Waals surface area contributed by atoms with Crippen molar-refractivity contribution in [3.63, 3.8) is 0 Å². The van der Waals surface area contributed by atoms with Gasteiger partial charge in [0.05, 0.1) is 24.1 Å². The molecule has 1 aliphatic heterocycles. The Kier molecular flexibility index (Phi) is 4.10. The van der Waals surface area contributed by atoms with Gasteiger partial charge in [-0.3, -0.25) is 4.79 Å². The number of aromatic amines is 1. The molecule has 1 aliphatic rings. The number of rotatable bonds is 3. The summed E-state index contributed by atoms with van der Waals surface area (Å²) < 4.78 is 18.3. The Morgan fingerprint density at radius 2 is 2.26 bits per heavy atom. The number of nitrogens with one attached hydrogen (secondary N) is 2. The van der Waals surface area contributed by atoms with Gasteiger partial charge in [0.25, 0.3) is 5.56 Å². The van der Waals surface area contributed by atoms with E-state index < -0.39 is 11.8 Å². The molecule has 6 nitrogen and oxygen atoms in total. The second kappa shape index (κ2) is 6.20. The number of hydrogen-bond donors (Lipinski definition) is 2. The second-order valence-corrected chi connectivity index (χ2v) is 5.37. The highest BCUT2D eigenvalue weighted by molar-refractivity contribution is 5.89. The van der Waals surface area contributed by atoms with Crippen molar-refractivity contribution in [2.24, 2.45) is 0 Å². The van der Waals surface area contributed by atoms with Gasteiger partial charge in [-0.05, 0) is 30.5 Å². The summed E-state index contributed by atoms with van der Waals surface area (Å²) in [5, 5.41) is 9.79. The van der Waals surface area contributed by atoms with E-state index in [4.69, 9.17) is 0 Å². The number of esters is 1. The van der Waals surface area contributed by atoms with Crippen LogP contribution in [0.3, 0.4) is 0 Å². The average Bonchev–Trinajstić information content (AvgIpc) is 2.58. The first-order chi connectivity index (χ1) is 11.1. The molecule has 1 aromatic heterocycles. The van der Waals surface area contributed by atoms with Crippen molar-refractivity contribution in [2.75, 3.05) is 19.0 Å². The Morgan fingerprint density at radius 3 is 3.04 bits per heavy atom. The fourth-order valence-electron chi connectivity index (χ4n) is 2.73. The number of benzene rings is 1. The third-order valence-electron chi connectivity index (χ3n) is 3.87.